The summed E-state index contributed by atoms with van der Waals surface area (Å²) in [6, 6.07) is -1.16. The van der Waals surface area contributed by atoms with Crippen LogP contribution in [0.25, 0.3) is 0 Å². The molecule has 3 rings (SSSR count). The van der Waals surface area contributed by atoms with Crippen molar-refractivity contribution >= 4 is 23.6 Å². The third kappa shape index (κ3) is 7.84. The molecule has 3 aliphatic rings. The van der Waals surface area contributed by atoms with E-state index in [4.69, 9.17) is 33.8 Å². The Morgan fingerprint density at radius 3 is 1.95 bits per heavy atom. The van der Waals surface area contributed by atoms with Crippen LogP contribution in [0.4, 0.5) is 0 Å². The lowest BCUT2D eigenvalue weighted by atomic mass is 9.95. The minimum absolute atomic E-state index is 0.0280. The van der Waals surface area contributed by atoms with Crippen LogP contribution in [0, 0.1) is 5.41 Å². The van der Waals surface area contributed by atoms with Crippen molar-refractivity contribution in [3.63, 3.8) is 0 Å². The first kappa shape index (κ1) is 34.3. The Labute approximate surface area is 239 Å². The molecule has 238 valence electrons. The number of aliphatic hydroxyl groups is 8. The number of thioether (sulfide) groups is 1. The van der Waals surface area contributed by atoms with E-state index in [0.717, 1.165) is 11.8 Å². The highest BCUT2D eigenvalue weighted by Crippen LogP contribution is 2.36. The third-order valence-corrected chi connectivity index (χ3v) is 8.22. The average Bonchev–Trinajstić information content (AvgIpc) is 2.95. The van der Waals surface area contributed by atoms with Crippen molar-refractivity contribution in [1.29, 1.82) is 5.41 Å². The van der Waals surface area contributed by atoms with Gasteiger partial charge < -0.3 is 74.6 Å². The van der Waals surface area contributed by atoms with Crippen LogP contribution in [-0.2, 0) is 33.2 Å². The van der Waals surface area contributed by atoms with Crippen molar-refractivity contribution in [3.8, 4) is 0 Å². The van der Waals surface area contributed by atoms with Gasteiger partial charge in [0.2, 0.25) is 5.91 Å². The summed E-state index contributed by atoms with van der Waals surface area (Å²) in [6.45, 7) is 1.18. The molecule has 0 unspecified atom stereocenters. The van der Waals surface area contributed by atoms with Gasteiger partial charge in [0, 0.05) is 6.92 Å². The summed E-state index contributed by atoms with van der Waals surface area (Å²) in [5, 5.41) is 92.3. The van der Waals surface area contributed by atoms with E-state index in [1.807, 2.05) is 0 Å². The molecule has 0 radical (unpaired) electrons. The fourth-order valence-corrected chi connectivity index (χ4v) is 5.82. The molecule has 15 atom stereocenters. The monoisotopic (exact) mass is 616 g/mol. The zero-order valence-electron chi connectivity index (χ0n) is 22.6. The maximum Gasteiger partial charge on any atom is 0.217 e. The number of hydrogen-bond acceptors (Lipinski definition) is 17. The molecule has 0 bridgehead atoms. The van der Waals surface area contributed by atoms with Gasteiger partial charge >= 0.3 is 0 Å². The summed E-state index contributed by atoms with van der Waals surface area (Å²) < 4.78 is 33.9. The topological polar surface area (TPSA) is 270 Å². The molecule has 3 heterocycles. The zero-order chi connectivity index (χ0) is 30.6. The summed E-state index contributed by atoms with van der Waals surface area (Å²) in [5.41, 5.74) is -1.02. The van der Waals surface area contributed by atoms with Crippen molar-refractivity contribution in [2.45, 2.75) is 105 Å². The van der Waals surface area contributed by atoms with Crippen LogP contribution in [0.5, 0.6) is 0 Å². The number of amides is 1. The minimum atomic E-state index is -1.84. The van der Waals surface area contributed by atoms with Gasteiger partial charge in [0.05, 0.1) is 38.2 Å². The van der Waals surface area contributed by atoms with E-state index in [0.29, 0.717) is 0 Å². The van der Waals surface area contributed by atoms with Gasteiger partial charge in [0.25, 0.3) is 0 Å². The van der Waals surface area contributed by atoms with Crippen LogP contribution in [0.1, 0.15) is 13.8 Å². The molecule has 1 amide bonds. The van der Waals surface area contributed by atoms with Crippen molar-refractivity contribution in [2.75, 3.05) is 26.1 Å². The summed E-state index contributed by atoms with van der Waals surface area (Å²) in [4.78, 5) is 12.3. The normalized spacial score (nSPS) is 45.2. The van der Waals surface area contributed by atoms with Gasteiger partial charge in [0.15, 0.2) is 18.5 Å². The summed E-state index contributed by atoms with van der Waals surface area (Å²) in [7, 11) is 1.29. The van der Waals surface area contributed by atoms with Crippen molar-refractivity contribution in [3.05, 3.63) is 0 Å². The Kier molecular flexibility index (Phi) is 12.5. The SMILES string of the molecule is COC(=N)CS[C@@H]1O[C@H](CO)[C@@H](O[C@@H]2O[C@@H](C)[C@@H](O)[C@@H](O)[C@@H]2O)[C@H](O[C@@H]2O[C@H](CO)[C@H](O)[C@H](O)[C@H]2O)[C@H]1NC(C)=O. The molecule has 3 saturated heterocycles. The predicted molar refractivity (Wildman–Crippen MR) is 136 cm³/mol. The Bertz CT molecular complexity index is 873. The van der Waals surface area contributed by atoms with Crippen LogP contribution in [0.2, 0.25) is 0 Å². The number of methoxy groups -OCH3 is 1. The number of ether oxygens (including phenoxy) is 6. The lowest BCUT2D eigenvalue weighted by Gasteiger charge is -2.50. The number of aliphatic hydroxyl groups excluding tert-OH is 8. The molecule has 0 spiro atoms. The first-order valence-corrected chi connectivity index (χ1v) is 14.0. The predicted octanol–water partition coefficient (Wildman–Crippen LogP) is -5.04. The molecular weight excluding hydrogens is 576 g/mol. The van der Waals surface area contributed by atoms with Gasteiger partial charge in [-0.25, -0.2) is 0 Å². The second kappa shape index (κ2) is 15.0. The van der Waals surface area contributed by atoms with Gasteiger partial charge in [-0.3, -0.25) is 10.2 Å². The van der Waals surface area contributed by atoms with Crippen molar-refractivity contribution in [2.24, 2.45) is 0 Å². The van der Waals surface area contributed by atoms with E-state index in [9.17, 15) is 45.6 Å². The Hall–Kier alpha value is -1.23. The Balaban J connectivity index is 1.99. The van der Waals surface area contributed by atoms with Crippen molar-refractivity contribution < 1.29 is 74.1 Å². The molecule has 0 aliphatic carbocycles. The maximum atomic E-state index is 12.3. The van der Waals surface area contributed by atoms with Gasteiger partial charge in [0.1, 0.15) is 66.5 Å². The Morgan fingerprint density at radius 1 is 0.829 bits per heavy atom. The second-order valence-electron chi connectivity index (χ2n) is 9.97. The number of carbonyl (C=O) groups excluding carboxylic acids is 1. The molecule has 0 aromatic rings. The van der Waals surface area contributed by atoms with Crippen LogP contribution in [-0.4, -0.2) is 170 Å². The van der Waals surface area contributed by atoms with Gasteiger partial charge in [-0.1, -0.05) is 0 Å². The fourth-order valence-electron chi connectivity index (χ4n) is 4.74. The number of carbonyl (C=O) groups is 1. The van der Waals surface area contributed by atoms with E-state index in [1.165, 1.54) is 21.0 Å². The maximum absolute atomic E-state index is 12.3. The van der Waals surface area contributed by atoms with Gasteiger partial charge in [-0.2, -0.15) is 0 Å². The van der Waals surface area contributed by atoms with E-state index in [1.54, 1.807) is 0 Å². The molecule has 0 saturated carbocycles. The van der Waals surface area contributed by atoms with Gasteiger partial charge in [-0.05, 0) is 6.92 Å². The zero-order valence-corrected chi connectivity index (χ0v) is 23.4. The first-order valence-electron chi connectivity index (χ1n) is 12.9. The van der Waals surface area contributed by atoms with E-state index in [2.05, 4.69) is 5.32 Å². The van der Waals surface area contributed by atoms with Crippen LogP contribution in [0.15, 0.2) is 0 Å². The molecule has 0 aromatic heterocycles. The van der Waals surface area contributed by atoms with Crippen LogP contribution >= 0.6 is 11.8 Å². The minimum Gasteiger partial charge on any atom is -0.484 e. The molecule has 10 N–H and O–H groups in total. The highest BCUT2D eigenvalue weighted by atomic mass is 32.2. The smallest absolute Gasteiger partial charge is 0.217 e. The van der Waals surface area contributed by atoms with Crippen LogP contribution < -0.4 is 5.32 Å². The standard InChI is InChI=1S/C23H40N2O15S/c1-7-13(29)15(31)17(33)21(36-7)39-19-10(5-27)38-23(41-6-11(24)35-3)12(25-8(2)28)20(19)40-22-18(34)16(32)14(30)9(4-26)37-22/h7,9-10,12-24,26-27,29-34H,4-6H2,1-3H3,(H,25,28)/t7-,9+,10+,12+,13+,14-,15+,16-,17-,18+,19+,20+,21-,22-,23-/m0/s1. The summed E-state index contributed by atoms with van der Waals surface area (Å²) in [5.74, 6) is -0.721. The Morgan fingerprint density at radius 2 is 1.39 bits per heavy atom. The summed E-state index contributed by atoms with van der Waals surface area (Å²) >= 11 is 1.00. The molecule has 3 aliphatic heterocycles. The average molecular weight is 617 g/mol. The lowest BCUT2D eigenvalue weighted by Crippen LogP contribution is -2.69. The quantitative estimate of drug-likeness (QED) is 0.0812. The lowest BCUT2D eigenvalue weighted by molar-refractivity contribution is -0.357. The first-order chi connectivity index (χ1) is 19.3. The van der Waals surface area contributed by atoms with Crippen LogP contribution in [0.3, 0.4) is 0 Å². The largest absolute Gasteiger partial charge is 0.484 e. The van der Waals surface area contributed by atoms with E-state index in [-0.39, 0.29) is 11.7 Å². The second-order valence-corrected chi connectivity index (χ2v) is 11.1. The molecule has 41 heavy (non-hydrogen) atoms. The van der Waals surface area contributed by atoms with E-state index >= 15 is 0 Å². The van der Waals surface area contributed by atoms with Crippen molar-refractivity contribution in [1.82, 2.24) is 5.32 Å². The van der Waals surface area contributed by atoms with E-state index < -0.39 is 110 Å². The number of hydrogen-bond donors (Lipinski definition) is 10. The summed E-state index contributed by atoms with van der Waals surface area (Å²) in [6.07, 6.45) is -19.9. The molecule has 3 fully saturated rings. The third-order valence-electron chi connectivity index (χ3n) is 7.06. The number of nitrogens with one attached hydrogen (secondary N) is 2. The molecule has 17 nitrogen and oxygen atoms in total. The fraction of sp³-hybridized carbons (Fsp3) is 0.913. The molecular formula is C23H40N2O15S. The molecule has 18 heteroatoms. The molecule has 0 aromatic carbocycles. The highest BCUT2D eigenvalue weighted by molar-refractivity contribution is 8.00. The number of rotatable bonds is 10. The highest BCUT2D eigenvalue weighted by Gasteiger charge is 2.54. The van der Waals surface area contributed by atoms with Gasteiger partial charge in [-0.15, -0.1) is 11.8 Å².